The van der Waals surface area contributed by atoms with Gasteiger partial charge in [-0.05, 0) is 66.4 Å². The third-order valence-corrected chi connectivity index (χ3v) is 3.79. The van der Waals surface area contributed by atoms with Gasteiger partial charge >= 0.3 is 0 Å². The van der Waals surface area contributed by atoms with Crippen LogP contribution in [0.25, 0.3) is 22.2 Å². The maximum absolute atomic E-state index is 5.49. The van der Waals surface area contributed by atoms with E-state index in [1.165, 1.54) is 22.0 Å². The van der Waals surface area contributed by atoms with Crippen molar-refractivity contribution in [2.45, 2.75) is 26.7 Å². The van der Waals surface area contributed by atoms with Gasteiger partial charge in [-0.2, -0.15) is 0 Å². The number of H-pyrrole nitrogens is 1. The first-order chi connectivity index (χ1) is 10.2. The molecule has 3 aromatic rings. The molecule has 0 aliphatic heterocycles. The Kier molecular flexibility index (Phi) is 3.70. The highest BCUT2D eigenvalue weighted by Crippen LogP contribution is 2.28. The molecule has 0 aliphatic rings. The zero-order valence-corrected chi connectivity index (χ0v) is 12.8. The lowest BCUT2D eigenvalue weighted by atomic mass is 10.0. The van der Waals surface area contributed by atoms with Crippen LogP contribution in [-0.2, 0) is 0 Å². The molecule has 0 saturated heterocycles. The highest BCUT2D eigenvalue weighted by Gasteiger charge is 2.06. The Balaban J connectivity index is 1.96. The highest BCUT2D eigenvalue weighted by molar-refractivity contribution is 5.86. The second-order valence-electron chi connectivity index (χ2n) is 5.64. The second-order valence-corrected chi connectivity index (χ2v) is 5.64. The molecule has 2 heteroatoms. The van der Waals surface area contributed by atoms with Gasteiger partial charge in [0.25, 0.3) is 0 Å². The molecule has 0 amide bonds. The number of hydrogen-bond acceptors (Lipinski definition) is 1. The maximum atomic E-state index is 5.49. The fourth-order valence-electron chi connectivity index (χ4n) is 2.56. The highest BCUT2D eigenvalue weighted by atomic mass is 16.5. The van der Waals surface area contributed by atoms with E-state index in [9.17, 15) is 0 Å². The molecule has 2 nitrogen and oxygen atoms in total. The molecule has 0 radical (unpaired) electrons. The summed E-state index contributed by atoms with van der Waals surface area (Å²) in [6, 6.07) is 17.1. The van der Waals surface area contributed by atoms with Gasteiger partial charge in [0.1, 0.15) is 5.75 Å². The van der Waals surface area contributed by atoms with Gasteiger partial charge in [0, 0.05) is 16.6 Å². The molecular formula is C19H21NO. The third kappa shape index (κ3) is 2.80. The number of benzene rings is 2. The summed E-state index contributed by atoms with van der Waals surface area (Å²) in [5.41, 5.74) is 4.89. The molecule has 2 aromatic carbocycles. The molecule has 108 valence electrons. The van der Waals surface area contributed by atoms with Gasteiger partial charge in [-0.1, -0.05) is 19.9 Å². The Hall–Kier alpha value is -2.22. The van der Waals surface area contributed by atoms with Crippen molar-refractivity contribution in [1.29, 1.82) is 0 Å². The van der Waals surface area contributed by atoms with E-state index in [2.05, 4.69) is 55.2 Å². The Morgan fingerprint density at radius 1 is 1.00 bits per heavy atom. The summed E-state index contributed by atoms with van der Waals surface area (Å²) in [6.07, 6.45) is 0. The van der Waals surface area contributed by atoms with Crippen molar-refractivity contribution in [2.75, 3.05) is 6.61 Å². The van der Waals surface area contributed by atoms with E-state index in [4.69, 9.17) is 4.74 Å². The zero-order valence-electron chi connectivity index (χ0n) is 12.8. The summed E-state index contributed by atoms with van der Waals surface area (Å²) in [4.78, 5) is 3.49. The predicted octanol–water partition coefficient (Wildman–Crippen LogP) is 5.36. The van der Waals surface area contributed by atoms with Crippen molar-refractivity contribution in [2.24, 2.45) is 0 Å². The molecule has 0 saturated carbocycles. The molecule has 1 heterocycles. The van der Waals surface area contributed by atoms with Crippen molar-refractivity contribution in [3.8, 4) is 17.0 Å². The van der Waals surface area contributed by atoms with E-state index in [1.54, 1.807) is 0 Å². The van der Waals surface area contributed by atoms with Crippen molar-refractivity contribution < 1.29 is 4.74 Å². The first-order valence-electron chi connectivity index (χ1n) is 7.53. The van der Waals surface area contributed by atoms with Crippen molar-refractivity contribution in [3.05, 3.63) is 54.1 Å². The van der Waals surface area contributed by atoms with E-state index in [0.29, 0.717) is 12.5 Å². The lowest BCUT2D eigenvalue weighted by Crippen LogP contribution is -1.90. The van der Waals surface area contributed by atoms with Gasteiger partial charge in [-0.3, -0.25) is 0 Å². The third-order valence-electron chi connectivity index (χ3n) is 3.79. The van der Waals surface area contributed by atoms with Crippen LogP contribution in [0.4, 0.5) is 0 Å². The standard InChI is InChI=1S/C19H21NO/c1-4-21-17-8-5-14(6-9-17)19-12-16-11-15(13(2)3)7-10-18(16)20-19/h5-13,20H,4H2,1-3H3. The van der Waals surface area contributed by atoms with Crippen LogP contribution in [-0.4, -0.2) is 11.6 Å². The maximum Gasteiger partial charge on any atom is 0.119 e. The molecule has 0 spiro atoms. The van der Waals surface area contributed by atoms with Gasteiger partial charge < -0.3 is 9.72 Å². The lowest BCUT2D eigenvalue weighted by Gasteiger charge is -2.03. The number of ether oxygens (including phenoxy) is 1. The van der Waals surface area contributed by atoms with Crippen molar-refractivity contribution in [3.63, 3.8) is 0 Å². The van der Waals surface area contributed by atoms with Crippen LogP contribution >= 0.6 is 0 Å². The summed E-state index contributed by atoms with van der Waals surface area (Å²) in [5.74, 6) is 1.47. The smallest absolute Gasteiger partial charge is 0.119 e. The monoisotopic (exact) mass is 279 g/mol. The molecule has 0 bridgehead atoms. The number of aromatic amines is 1. The topological polar surface area (TPSA) is 25.0 Å². The van der Waals surface area contributed by atoms with Crippen molar-refractivity contribution >= 4 is 10.9 Å². The molecule has 0 fully saturated rings. The summed E-state index contributed by atoms with van der Waals surface area (Å²) < 4.78 is 5.49. The van der Waals surface area contributed by atoms with E-state index < -0.39 is 0 Å². The van der Waals surface area contributed by atoms with Crippen LogP contribution in [0.1, 0.15) is 32.3 Å². The number of nitrogens with one attached hydrogen (secondary N) is 1. The zero-order chi connectivity index (χ0) is 14.8. The van der Waals surface area contributed by atoms with Crippen LogP contribution in [0.15, 0.2) is 48.5 Å². The molecular weight excluding hydrogens is 258 g/mol. The molecule has 1 N–H and O–H groups in total. The molecule has 0 unspecified atom stereocenters. The summed E-state index contributed by atoms with van der Waals surface area (Å²) in [6.45, 7) is 7.14. The Labute approximate surface area is 125 Å². The molecule has 1 aromatic heterocycles. The molecule has 0 atom stereocenters. The Bertz CT molecular complexity index is 738. The Morgan fingerprint density at radius 2 is 1.76 bits per heavy atom. The predicted molar refractivity (Wildman–Crippen MR) is 89.0 cm³/mol. The van der Waals surface area contributed by atoms with Crippen LogP contribution in [0.2, 0.25) is 0 Å². The Morgan fingerprint density at radius 3 is 2.43 bits per heavy atom. The SMILES string of the molecule is CCOc1ccc(-c2cc3cc(C(C)C)ccc3[nH]2)cc1. The van der Waals surface area contributed by atoms with Crippen LogP contribution in [0.3, 0.4) is 0 Å². The minimum absolute atomic E-state index is 0.554. The molecule has 3 rings (SSSR count). The molecule has 0 aliphatic carbocycles. The number of hydrogen-bond donors (Lipinski definition) is 1. The quantitative estimate of drug-likeness (QED) is 0.683. The second kappa shape index (κ2) is 5.65. The molecule has 21 heavy (non-hydrogen) atoms. The van der Waals surface area contributed by atoms with Gasteiger partial charge in [-0.25, -0.2) is 0 Å². The number of rotatable bonds is 4. The van der Waals surface area contributed by atoms with Crippen LogP contribution in [0, 0.1) is 0 Å². The average Bonchev–Trinajstić information content (AvgIpc) is 2.91. The summed E-state index contributed by atoms with van der Waals surface area (Å²) in [7, 11) is 0. The van der Waals surface area contributed by atoms with E-state index in [0.717, 1.165) is 11.4 Å². The minimum Gasteiger partial charge on any atom is -0.494 e. The number of fused-ring (bicyclic) bond motifs is 1. The lowest BCUT2D eigenvalue weighted by molar-refractivity contribution is 0.340. The summed E-state index contributed by atoms with van der Waals surface area (Å²) >= 11 is 0. The normalized spacial score (nSPS) is 11.2. The summed E-state index contributed by atoms with van der Waals surface area (Å²) in [5, 5.41) is 1.27. The van der Waals surface area contributed by atoms with E-state index >= 15 is 0 Å². The van der Waals surface area contributed by atoms with E-state index in [-0.39, 0.29) is 0 Å². The first-order valence-corrected chi connectivity index (χ1v) is 7.53. The first kappa shape index (κ1) is 13.7. The average molecular weight is 279 g/mol. The van der Waals surface area contributed by atoms with Gasteiger partial charge in [-0.15, -0.1) is 0 Å². The van der Waals surface area contributed by atoms with Crippen LogP contribution in [0.5, 0.6) is 5.75 Å². The van der Waals surface area contributed by atoms with Gasteiger partial charge in [0.2, 0.25) is 0 Å². The largest absolute Gasteiger partial charge is 0.494 e. The van der Waals surface area contributed by atoms with Crippen molar-refractivity contribution in [1.82, 2.24) is 4.98 Å². The minimum atomic E-state index is 0.554. The van der Waals surface area contributed by atoms with Gasteiger partial charge in [0.15, 0.2) is 0 Å². The fraction of sp³-hybridized carbons (Fsp3) is 0.263. The van der Waals surface area contributed by atoms with E-state index in [1.807, 2.05) is 19.1 Å². The van der Waals surface area contributed by atoms with Gasteiger partial charge in [0.05, 0.1) is 6.61 Å². The fourth-order valence-corrected chi connectivity index (χ4v) is 2.56. The van der Waals surface area contributed by atoms with Crippen LogP contribution < -0.4 is 4.74 Å². The number of aromatic nitrogens is 1.